The number of hydrogen-bond donors (Lipinski definition) is 1. The van der Waals surface area contributed by atoms with E-state index >= 15 is 0 Å². The highest BCUT2D eigenvalue weighted by atomic mass is 16.3. The van der Waals surface area contributed by atoms with E-state index in [4.69, 9.17) is 10.2 Å². The highest BCUT2D eigenvalue weighted by molar-refractivity contribution is 6.11. The monoisotopic (exact) mass is 339 g/mol. The summed E-state index contributed by atoms with van der Waals surface area (Å²) in [6, 6.07) is 11.6. The third kappa shape index (κ3) is 2.53. The van der Waals surface area contributed by atoms with Gasteiger partial charge in [-0.3, -0.25) is 14.5 Å². The fourth-order valence-electron chi connectivity index (χ4n) is 4.12. The molecule has 2 N–H and O–H groups in total. The van der Waals surface area contributed by atoms with Gasteiger partial charge in [0.25, 0.3) is 0 Å². The highest BCUT2D eigenvalue weighted by Gasteiger charge is 2.54. The van der Waals surface area contributed by atoms with Gasteiger partial charge < -0.3 is 15.1 Å². The van der Waals surface area contributed by atoms with E-state index < -0.39 is 11.3 Å². The van der Waals surface area contributed by atoms with Crippen molar-refractivity contribution in [2.75, 3.05) is 24.5 Å². The average molecular weight is 339 g/mol. The Morgan fingerprint density at radius 2 is 2.08 bits per heavy atom. The van der Waals surface area contributed by atoms with E-state index in [0.717, 1.165) is 35.7 Å². The molecule has 1 aromatic carbocycles. The number of primary amides is 1. The van der Waals surface area contributed by atoms with Crippen LogP contribution in [-0.4, -0.2) is 36.3 Å². The van der Waals surface area contributed by atoms with Gasteiger partial charge in [0.15, 0.2) is 0 Å². The number of anilines is 1. The van der Waals surface area contributed by atoms with Crippen molar-refractivity contribution < 1.29 is 14.0 Å². The van der Waals surface area contributed by atoms with Gasteiger partial charge in [-0.1, -0.05) is 18.2 Å². The number of carbonyl (C=O) groups excluding carboxylic acids is 2. The molecule has 2 amide bonds. The summed E-state index contributed by atoms with van der Waals surface area (Å²) in [6.07, 6.45) is 0.734. The number of nitrogens with two attached hydrogens (primary N) is 1. The quantitative estimate of drug-likeness (QED) is 0.917. The van der Waals surface area contributed by atoms with E-state index in [0.29, 0.717) is 13.1 Å². The Balaban J connectivity index is 1.63. The van der Waals surface area contributed by atoms with Crippen LogP contribution in [0.2, 0.25) is 0 Å². The van der Waals surface area contributed by atoms with E-state index in [2.05, 4.69) is 4.90 Å². The van der Waals surface area contributed by atoms with Crippen molar-refractivity contribution >= 4 is 17.5 Å². The molecular formula is C19H21N3O3. The lowest BCUT2D eigenvalue weighted by molar-refractivity contribution is -0.125. The van der Waals surface area contributed by atoms with Crippen LogP contribution in [0.4, 0.5) is 5.69 Å². The maximum absolute atomic E-state index is 13.2. The minimum atomic E-state index is -0.590. The first-order valence-corrected chi connectivity index (χ1v) is 8.47. The molecule has 6 nitrogen and oxygen atoms in total. The number of hydrogen-bond acceptors (Lipinski definition) is 4. The van der Waals surface area contributed by atoms with Crippen LogP contribution in [-0.2, 0) is 21.5 Å². The van der Waals surface area contributed by atoms with Crippen LogP contribution < -0.4 is 10.6 Å². The molecule has 130 valence electrons. The van der Waals surface area contributed by atoms with Crippen molar-refractivity contribution in [2.24, 2.45) is 5.73 Å². The number of fused-ring (bicyclic) bond motifs is 2. The summed E-state index contributed by atoms with van der Waals surface area (Å²) in [4.78, 5) is 28.4. The second kappa shape index (κ2) is 5.74. The second-order valence-corrected chi connectivity index (χ2v) is 6.93. The third-order valence-electron chi connectivity index (χ3n) is 5.20. The SMILES string of the molecule is Cc1ccc(CN2CC[C@@]3(C2)C(=O)N(CC(N)=O)c2ccccc23)o1. The van der Waals surface area contributed by atoms with E-state index in [1.165, 1.54) is 4.90 Å². The molecule has 6 heteroatoms. The van der Waals surface area contributed by atoms with Crippen LogP contribution in [0.15, 0.2) is 40.8 Å². The number of nitrogens with zero attached hydrogens (tertiary/aromatic N) is 2. The van der Waals surface area contributed by atoms with Gasteiger partial charge in [0.1, 0.15) is 18.1 Å². The molecule has 1 fully saturated rings. The van der Waals surface area contributed by atoms with Crippen molar-refractivity contribution in [3.63, 3.8) is 0 Å². The number of carbonyl (C=O) groups is 2. The second-order valence-electron chi connectivity index (χ2n) is 6.93. The van der Waals surface area contributed by atoms with Crippen molar-refractivity contribution in [3.8, 4) is 0 Å². The molecule has 1 aromatic heterocycles. The zero-order valence-corrected chi connectivity index (χ0v) is 14.2. The zero-order chi connectivity index (χ0) is 17.6. The molecular weight excluding hydrogens is 318 g/mol. The normalized spacial score (nSPS) is 22.8. The van der Waals surface area contributed by atoms with Crippen molar-refractivity contribution in [3.05, 3.63) is 53.5 Å². The predicted octanol–water partition coefficient (Wildman–Crippen LogP) is 1.56. The average Bonchev–Trinajstić information content (AvgIpc) is 3.24. The van der Waals surface area contributed by atoms with Crippen molar-refractivity contribution in [2.45, 2.75) is 25.3 Å². The van der Waals surface area contributed by atoms with E-state index in [1.54, 1.807) is 0 Å². The molecule has 0 saturated carbocycles. The third-order valence-corrected chi connectivity index (χ3v) is 5.20. The molecule has 0 bridgehead atoms. The summed E-state index contributed by atoms with van der Waals surface area (Å²) in [5.41, 5.74) is 6.57. The molecule has 1 spiro atoms. The summed E-state index contributed by atoms with van der Waals surface area (Å²) in [5, 5.41) is 0. The van der Waals surface area contributed by atoms with Crippen LogP contribution in [0.3, 0.4) is 0 Å². The number of furan rings is 1. The first-order chi connectivity index (χ1) is 12.0. The Morgan fingerprint density at radius 3 is 2.80 bits per heavy atom. The molecule has 0 aliphatic carbocycles. The standard InChI is InChI=1S/C19H21N3O3/c1-13-6-7-14(25-13)10-21-9-8-19(12-21)15-4-2-3-5-16(15)22(18(19)24)11-17(20)23/h2-7H,8-12H2,1H3,(H2,20,23)/t19-/m0/s1. The van der Waals surface area contributed by atoms with Gasteiger partial charge in [0, 0.05) is 18.8 Å². The Morgan fingerprint density at radius 1 is 1.28 bits per heavy atom. The smallest absolute Gasteiger partial charge is 0.239 e. The number of benzene rings is 1. The first-order valence-electron chi connectivity index (χ1n) is 8.47. The molecule has 2 aliphatic heterocycles. The van der Waals surface area contributed by atoms with Crippen LogP contribution in [0.1, 0.15) is 23.5 Å². The number of amides is 2. The molecule has 2 aromatic rings. The van der Waals surface area contributed by atoms with Crippen LogP contribution in [0.5, 0.6) is 0 Å². The maximum Gasteiger partial charge on any atom is 0.239 e. The lowest BCUT2D eigenvalue weighted by atomic mass is 9.81. The molecule has 2 aliphatic rings. The Hall–Kier alpha value is -2.60. The van der Waals surface area contributed by atoms with Gasteiger partial charge in [-0.15, -0.1) is 0 Å². The number of para-hydroxylation sites is 1. The van der Waals surface area contributed by atoms with E-state index in [1.807, 2.05) is 43.3 Å². The number of aryl methyl sites for hydroxylation is 1. The minimum absolute atomic E-state index is 0.0226. The molecule has 1 saturated heterocycles. The molecule has 1 atom stereocenters. The fraction of sp³-hybridized carbons (Fsp3) is 0.368. The predicted molar refractivity (Wildman–Crippen MR) is 93.0 cm³/mol. The topological polar surface area (TPSA) is 79.8 Å². The summed E-state index contributed by atoms with van der Waals surface area (Å²) in [7, 11) is 0. The van der Waals surface area contributed by atoms with Gasteiger partial charge in [-0.05, 0) is 37.1 Å². The lowest BCUT2D eigenvalue weighted by Crippen LogP contribution is -2.45. The largest absolute Gasteiger partial charge is 0.465 e. The summed E-state index contributed by atoms with van der Waals surface area (Å²) < 4.78 is 5.67. The first kappa shape index (κ1) is 15.9. The van der Waals surface area contributed by atoms with Crippen LogP contribution >= 0.6 is 0 Å². The Labute approximate surface area is 146 Å². The van der Waals surface area contributed by atoms with Gasteiger partial charge in [0.2, 0.25) is 11.8 Å². The zero-order valence-electron chi connectivity index (χ0n) is 14.2. The van der Waals surface area contributed by atoms with Crippen molar-refractivity contribution in [1.82, 2.24) is 4.90 Å². The van der Waals surface area contributed by atoms with Crippen molar-refractivity contribution in [1.29, 1.82) is 0 Å². The molecule has 4 rings (SSSR count). The van der Waals surface area contributed by atoms with Gasteiger partial charge in [-0.25, -0.2) is 0 Å². The van der Waals surface area contributed by atoms with Gasteiger partial charge >= 0.3 is 0 Å². The minimum Gasteiger partial charge on any atom is -0.465 e. The number of rotatable bonds is 4. The highest BCUT2D eigenvalue weighted by Crippen LogP contribution is 2.47. The van der Waals surface area contributed by atoms with Crippen LogP contribution in [0, 0.1) is 6.92 Å². The van der Waals surface area contributed by atoms with Gasteiger partial charge in [-0.2, -0.15) is 0 Å². The molecule has 0 radical (unpaired) electrons. The molecule has 0 unspecified atom stereocenters. The van der Waals surface area contributed by atoms with Crippen LogP contribution in [0.25, 0.3) is 0 Å². The lowest BCUT2D eigenvalue weighted by Gasteiger charge is -2.24. The summed E-state index contributed by atoms with van der Waals surface area (Å²) in [5.74, 6) is 1.27. The molecule has 3 heterocycles. The molecule has 25 heavy (non-hydrogen) atoms. The van der Waals surface area contributed by atoms with E-state index in [9.17, 15) is 9.59 Å². The summed E-state index contributed by atoms with van der Waals surface area (Å²) >= 11 is 0. The maximum atomic E-state index is 13.2. The Kier molecular flexibility index (Phi) is 3.65. The van der Waals surface area contributed by atoms with Gasteiger partial charge in [0.05, 0.1) is 12.0 Å². The summed E-state index contributed by atoms with van der Waals surface area (Å²) in [6.45, 7) is 3.96. The Bertz CT molecular complexity index is 844. The fourth-order valence-corrected chi connectivity index (χ4v) is 4.12. The van der Waals surface area contributed by atoms with E-state index in [-0.39, 0.29) is 12.5 Å². The number of likely N-dealkylation sites (tertiary alicyclic amines) is 1.